The zero-order valence-corrected chi connectivity index (χ0v) is 22.0. The normalized spacial score (nSPS) is 11.6. The van der Waals surface area contributed by atoms with Crippen molar-refractivity contribution in [2.75, 3.05) is 13.6 Å². The van der Waals surface area contributed by atoms with Crippen LogP contribution in [0.3, 0.4) is 0 Å². The Balaban J connectivity index is 2.03. The van der Waals surface area contributed by atoms with Gasteiger partial charge < -0.3 is 4.90 Å². The van der Waals surface area contributed by atoms with Crippen LogP contribution in [-0.2, 0) is 4.79 Å². The maximum absolute atomic E-state index is 12.6. The number of amides is 1. The number of nitro benzene ring substituents is 1. The molecule has 0 N–H and O–H groups in total. The van der Waals surface area contributed by atoms with E-state index in [9.17, 15) is 14.9 Å². The first-order valence-corrected chi connectivity index (χ1v) is 13.6. The molecule has 34 heavy (non-hydrogen) atoms. The first kappa shape index (κ1) is 29.9. The summed E-state index contributed by atoms with van der Waals surface area (Å²) in [6.45, 7) is 4.84. The van der Waals surface area contributed by atoms with E-state index in [-0.39, 0.29) is 11.6 Å². The van der Waals surface area contributed by atoms with Crippen LogP contribution in [0.1, 0.15) is 122 Å². The van der Waals surface area contributed by atoms with Crippen molar-refractivity contribution in [2.24, 2.45) is 0 Å². The minimum absolute atomic E-state index is 0.0133. The van der Waals surface area contributed by atoms with Crippen molar-refractivity contribution in [1.82, 2.24) is 4.90 Å². The van der Waals surface area contributed by atoms with Crippen LogP contribution >= 0.6 is 0 Å². The summed E-state index contributed by atoms with van der Waals surface area (Å²) >= 11 is 0. The van der Waals surface area contributed by atoms with Crippen LogP contribution in [0.4, 0.5) is 5.69 Å². The van der Waals surface area contributed by atoms with Crippen LogP contribution in [0.2, 0.25) is 0 Å². The lowest BCUT2D eigenvalue weighted by Crippen LogP contribution is -2.28. The van der Waals surface area contributed by atoms with Gasteiger partial charge in [0, 0.05) is 31.3 Å². The third-order valence-corrected chi connectivity index (χ3v) is 6.52. The zero-order chi connectivity index (χ0) is 25.0. The molecule has 0 bridgehead atoms. The summed E-state index contributed by atoms with van der Waals surface area (Å²) in [6.07, 6.45) is 23.3. The molecule has 0 atom stereocenters. The molecule has 0 spiro atoms. The number of nitro groups is 1. The number of hydrogen-bond donors (Lipinski definition) is 0. The summed E-state index contributed by atoms with van der Waals surface area (Å²) in [7, 11) is 1.85. The number of likely N-dealkylation sites (N-methyl/N-ethyl adjacent to an activating group) is 1. The molecule has 1 rings (SSSR count). The van der Waals surface area contributed by atoms with Crippen LogP contribution in [-0.4, -0.2) is 29.3 Å². The van der Waals surface area contributed by atoms with Crippen molar-refractivity contribution >= 4 is 17.7 Å². The highest BCUT2D eigenvalue weighted by atomic mass is 16.6. The molecule has 1 amide bonds. The number of rotatable bonds is 20. The maximum Gasteiger partial charge on any atom is 0.269 e. The molecule has 0 aromatic heterocycles. The molecular formula is C29H48N2O3. The highest BCUT2D eigenvalue weighted by Crippen LogP contribution is 2.16. The summed E-state index contributed by atoms with van der Waals surface area (Å²) in [5.41, 5.74) is 1.50. The van der Waals surface area contributed by atoms with E-state index >= 15 is 0 Å². The lowest BCUT2D eigenvalue weighted by molar-refractivity contribution is -0.384. The summed E-state index contributed by atoms with van der Waals surface area (Å²) < 4.78 is 0. The van der Waals surface area contributed by atoms with Crippen molar-refractivity contribution in [3.8, 4) is 0 Å². The second kappa shape index (κ2) is 19.2. The summed E-state index contributed by atoms with van der Waals surface area (Å²) in [4.78, 5) is 24.7. The van der Waals surface area contributed by atoms with Crippen molar-refractivity contribution in [3.63, 3.8) is 0 Å². The molecule has 0 fully saturated rings. The van der Waals surface area contributed by atoms with Crippen LogP contribution in [0.25, 0.3) is 6.08 Å². The highest BCUT2D eigenvalue weighted by Gasteiger charge is 2.11. The van der Waals surface area contributed by atoms with Gasteiger partial charge >= 0.3 is 0 Å². The molecule has 1 aromatic carbocycles. The fourth-order valence-corrected chi connectivity index (χ4v) is 4.30. The third kappa shape index (κ3) is 14.2. The van der Waals surface area contributed by atoms with Gasteiger partial charge in [0.2, 0.25) is 5.91 Å². The van der Waals surface area contributed by atoms with E-state index in [0.29, 0.717) is 5.57 Å². The van der Waals surface area contributed by atoms with E-state index in [1.54, 1.807) is 30.0 Å². The minimum atomic E-state index is -0.419. The molecule has 1 aromatic rings. The predicted octanol–water partition coefficient (Wildman–Crippen LogP) is 8.72. The number of nitrogens with zero attached hydrogens (tertiary/aromatic N) is 2. The van der Waals surface area contributed by atoms with Crippen molar-refractivity contribution < 1.29 is 9.72 Å². The Morgan fingerprint density at radius 3 is 1.62 bits per heavy atom. The molecule has 0 aliphatic heterocycles. The molecule has 0 radical (unpaired) electrons. The molecule has 0 saturated carbocycles. The largest absolute Gasteiger partial charge is 0.342 e. The molecule has 5 nitrogen and oxygen atoms in total. The highest BCUT2D eigenvalue weighted by molar-refractivity contribution is 5.97. The molecule has 0 unspecified atom stereocenters. The van der Waals surface area contributed by atoms with Gasteiger partial charge in [-0.2, -0.15) is 0 Å². The van der Waals surface area contributed by atoms with Crippen LogP contribution in [0, 0.1) is 10.1 Å². The van der Waals surface area contributed by atoms with Crippen LogP contribution in [0.15, 0.2) is 29.8 Å². The first-order valence-electron chi connectivity index (χ1n) is 13.6. The lowest BCUT2D eigenvalue weighted by atomic mass is 10.0. The molecule has 5 heteroatoms. The molecule has 192 valence electrons. The number of non-ortho nitro benzene ring substituents is 1. The topological polar surface area (TPSA) is 63.5 Å². The van der Waals surface area contributed by atoms with Gasteiger partial charge in [-0.3, -0.25) is 14.9 Å². The second-order valence-electron chi connectivity index (χ2n) is 9.71. The van der Waals surface area contributed by atoms with Gasteiger partial charge in [0.1, 0.15) is 0 Å². The van der Waals surface area contributed by atoms with E-state index in [2.05, 4.69) is 6.92 Å². The SMILES string of the molecule is CCCCCCCCCCCCCCCCCCN(C)C(=O)/C(C)=C/c1ccc([N+](=O)[O-])cc1. The summed E-state index contributed by atoms with van der Waals surface area (Å²) in [5, 5.41) is 10.7. The van der Waals surface area contributed by atoms with Crippen LogP contribution in [0.5, 0.6) is 0 Å². The fraction of sp³-hybridized carbons (Fsp3) is 0.690. The van der Waals surface area contributed by atoms with E-state index in [4.69, 9.17) is 0 Å². The van der Waals surface area contributed by atoms with E-state index < -0.39 is 4.92 Å². The van der Waals surface area contributed by atoms with Crippen molar-refractivity contribution in [2.45, 2.75) is 117 Å². The average Bonchev–Trinajstić information content (AvgIpc) is 2.83. The van der Waals surface area contributed by atoms with Gasteiger partial charge in [0.25, 0.3) is 5.69 Å². The van der Waals surface area contributed by atoms with Gasteiger partial charge in [-0.15, -0.1) is 0 Å². The fourth-order valence-electron chi connectivity index (χ4n) is 4.30. The molecule has 0 aliphatic carbocycles. The van der Waals surface area contributed by atoms with Crippen LogP contribution < -0.4 is 0 Å². The summed E-state index contributed by atoms with van der Waals surface area (Å²) in [6, 6.07) is 6.27. The molecule has 0 heterocycles. The Kier molecular flexibility index (Phi) is 16.8. The Bertz CT molecular complexity index is 713. The number of carbonyl (C=O) groups is 1. The first-order chi connectivity index (χ1) is 16.5. The average molecular weight is 473 g/mol. The lowest BCUT2D eigenvalue weighted by Gasteiger charge is -2.17. The van der Waals surface area contributed by atoms with E-state index in [1.807, 2.05) is 7.05 Å². The quantitative estimate of drug-likeness (QED) is 0.0824. The number of unbranched alkanes of at least 4 members (excludes halogenated alkanes) is 15. The Labute approximate surface area is 208 Å². The Morgan fingerprint density at radius 2 is 1.21 bits per heavy atom. The van der Waals surface area contributed by atoms with Gasteiger partial charge in [-0.05, 0) is 37.1 Å². The Hall–Kier alpha value is -2.17. The smallest absolute Gasteiger partial charge is 0.269 e. The van der Waals surface area contributed by atoms with Crippen molar-refractivity contribution in [1.29, 1.82) is 0 Å². The van der Waals surface area contributed by atoms with Gasteiger partial charge in [0.05, 0.1) is 4.92 Å². The zero-order valence-electron chi connectivity index (χ0n) is 22.0. The summed E-state index contributed by atoms with van der Waals surface area (Å²) in [5.74, 6) is 0.0133. The number of hydrogen-bond acceptors (Lipinski definition) is 3. The van der Waals surface area contributed by atoms with E-state index in [0.717, 1.165) is 18.5 Å². The molecular weight excluding hydrogens is 424 g/mol. The monoisotopic (exact) mass is 472 g/mol. The predicted molar refractivity (Wildman–Crippen MR) is 144 cm³/mol. The second-order valence-corrected chi connectivity index (χ2v) is 9.71. The Morgan fingerprint density at radius 1 is 0.794 bits per heavy atom. The minimum Gasteiger partial charge on any atom is -0.342 e. The van der Waals surface area contributed by atoms with Gasteiger partial charge in [-0.1, -0.05) is 103 Å². The van der Waals surface area contributed by atoms with Gasteiger partial charge in [-0.25, -0.2) is 0 Å². The maximum atomic E-state index is 12.6. The molecule has 0 aliphatic rings. The standard InChI is InChI=1S/C29H48N2O3/c1-4-5-6-7-8-9-10-11-12-13-14-15-16-17-18-19-24-30(3)29(32)26(2)25-27-20-22-28(23-21-27)31(33)34/h20-23,25H,4-19,24H2,1-3H3/b26-25+. The van der Waals surface area contributed by atoms with E-state index in [1.165, 1.54) is 108 Å². The molecule has 0 saturated heterocycles. The number of benzene rings is 1. The number of carbonyl (C=O) groups excluding carboxylic acids is 1. The van der Waals surface area contributed by atoms with Gasteiger partial charge in [0.15, 0.2) is 0 Å². The third-order valence-electron chi connectivity index (χ3n) is 6.52. The van der Waals surface area contributed by atoms with Crippen molar-refractivity contribution in [3.05, 3.63) is 45.5 Å².